The summed E-state index contributed by atoms with van der Waals surface area (Å²) in [6, 6.07) is 10.9. The number of aromatic hydroxyl groups is 2. The molecule has 0 heterocycles. The highest BCUT2D eigenvalue weighted by atomic mass is 19.3. The Bertz CT molecular complexity index is 588. The number of hydrogen-bond acceptors (Lipinski definition) is 4. The molecule has 0 unspecified atom stereocenters. The minimum atomic E-state index is -2.82. The summed E-state index contributed by atoms with van der Waals surface area (Å²) in [6.07, 6.45) is 0. The second kappa shape index (κ2) is 6.90. The van der Waals surface area contributed by atoms with E-state index in [4.69, 9.17) is 0 Å². The molecule has 2 aromatic carbocycles. The van der Waals surface area contributed by atoms with Crippen molar-refractivity contribution in [3.8, 4) is 17.2 Å². The summed E-state index contributed by atoms with van der Waals surface area (Å²) in [5.41, 5.74) is 1.74. The molecule has 0 amide bonds. The van der Waals surface area contributed by atoms with Crippen LogP contribution in [-0.4, -0.2) is 16.8 Å². The van der Waals surface area contributed by atoms with E-state index in [-0.39, 0.29) is 17.2 Å². The first-order chi connectivity index (χ1) is 10.0. The minimum Gasteiger partial charge on any atom is -0.504 e. The maximum Gasteiger partial charge on any atom is 0.387 e. The highest BCUT2D eigenvalue weighted by Crippen LogP contribution is 2.24. The van der Waals surface area contributed by atoms with Gasteiger partial charge in [0.1, 0.15) is 5.75 Å². The van der Waals surface area contributed by atoms with Gasteiger partial charge in [-0.05, 0) is 35.4 Å². The largest absolute Gasteiger partial charge is 0.504 e. The SMILES string of the molecule is Oc1ccc(CNCc2ccc(OC(F)F)cc2)cc1O. The fourth-order valence-electron chi connectivity index (χ4n) is 1.82. The number of alkyl halides is 2. The Labute approximate surface area is 120 Å². The van der Waals surface area contributed by atoms with E-state index in [0.717, 1.165) is 11.1 Å². The van der Waals surface area contributed by atoms with Gasteiger partial charge in [0.2, 0.25) is 0 Å². The summed E-state index contributed by atoms with van der Waals surface area (Å²) < 4.78 is 28.3. The Morgan fingerprint density at radius 2 is 1.52 bits per heavy atom. The average molecular weight is 295 g/mol. The van der Waals surface area contributed by atoms with Gasteiger partial charge in [0.05, 0.1) is 0 Å². The number of phenols is 2. The molecule has 112 valence electrons. The third kappa shape index (κ3) is 4.61. The third-order valence-corrected chi connectivity index (χ3v) is 2.85. The van der Waals surface area contributed by atoms with Gasteiger partial charge in [-0.25, -0.2) is 0 Å². The smallest absolute Gasteiger partial charge is 0.387 e. The van der Waals surface area contributed by atoms with Gasteiger partial charge in [-0.15, -0.1) is 0 Å². The quantitative estimate of drug-likeness (QED) is 0.717. The van der Waals surface area contributed by atoms with Crippen molar-refractivity contribution in [2.45, 2.75) is 19.7 Å². The lowest BCUT2D eigenvalue weighted by Gasteiger charge is -2.08. The van der Waals surface area contributed by atoms with Crippen LogP contribution in [0, 0.1) is 0 Å². The molecule has 0 bridgehead atoms. The van der Waals surface area contributed by atoms with Crippen molar-refractivity contribution in [2.24, 2.45) is 0 Å². The van der Waals surface area contributed by atoms with Crippen molar-refractivity contribution in [1.29, 1.82) is 0 Å². The molecule has 2 rings (SSSR count). The van der Waals surface area contributed by atoms with E-state index in [1.54, 1.807) is 18.2 Å². The lowest BCUT2D eigenvalue weighted by Crippen LogP contribution is -2.12. The molecule has 2 aromatic rings. The average Bonchev–Trinajstić information content (AvgIpc) is 2.44. The molecule has 4 nitrogen and oxygen atoms in total. The molecule has 0 saturated heterocycles. The summed E-state index contributed by atoms with van der Waals surface area (Å²) in [4.78, 5) is 0. The molecule has 0 aliphatic heterocycles. The van der Waals surface area contributed by atoms with Crippen molar-refractivity contribution in [2.75, 3.05) is 0 Å². The minimum absolute atomic E-state index is 0.122. The molecule has 6 heteroatoms. The topological polar surface area (TPSA) is 61.7 Å². The summed E-state index contributed by atoms with van der Waals surface area (Å²) >= 11 is 0. The number of benzene rings is 2. The highest BCUT2D eigenvalue weighted by molar-refractivity contribution is 5.40. The van der Waals surface area contributed by atoms with Crippen molar-refractivity contribution in [1.82, 2.24) is 5.32 Å². The van der Waals surface area contributed by atoms with E-state index in [2.05, 4.69) is 10.1 Å². The Morgan fingerprint density at radius 3 is 2.14 bits per heavy atom. The Hall–Kier alpha value is -2.34. The molecule has 0 saturated carbocycles. The number of hydrogen-bond donors (Lipinski definition) is 3. The van der Waals surface area contributed by atoms with Crippen LogP contribution in [0.15, 0.2) is 42.5 Å². The predicted molar refractivity (Wildman–Crippen MR) is 73.4 cm³/mol. The summed E-state index contributed by atoms with van der Waals surface area (Å²) in [5.74, 6) is -0.201. The molecule has 0 aromatic heterocycles. The van der Waals surface area contributed by atoms with Gasteiger partial charge in [0.15, 0.2) is 11.5 Å². The normalized spacial score (nSPS) is 10.8. The van der Waals surface area contributed by atoms with Gasteiger partial charge in [0.25, 0.3) is 0 Å². The monoisotopic (exact) mass is 295 g/mol. The van der Waals surface area contributed by atoms with E-state index >= 15 is 0 Å². The molecule has 0 atom stereocenters. The second-order valence-corrected chi connectivity index (χ2v) is 4.45. The molecule has 0 fully saturated rings. The lowest BCUT2D eigenvalue weighted by molar-refractivity contribution is -0.0498. The first-order valence-electron chi connectivity index (χ1n) is 6.30. The van der Waals surface area contributed by atoms with Crippen molar-refractivity contribution in [3.63, 3.8) is 0 Å². The van der Waals surface area contributed by atoms with Gasteiger partial charge in [0, 0.05) is 13.1 Å². The van der Waals surface area contributed by atoms with E-state index in [9.17, 15) is 19.0 Å². The molecule has 0 spiro atoms. The Balaban J connectivity index is 1.84. The summed E-state index contributed by atoms with van der Waals surface area (Å²) in [7, 11) is 0. The number of halogens is 2. The molecular weight excluding hydrogens is 280 g/mol. The number of nitrogens with one attached hydrogen (secondary N) is 1. The summed E-state index contributed by atoms with van der Waals surface area (Å²) in [5, 5.41) is 21.7. The number of phenolic OH excluding ortho intramolecular Hbond substituents is 2. The highest BCUT2D eigenvalue weighted by Gasteiger charge is 2.04. The van der Waals surface area contributed by atoms with Crippen LogP contribution in [0.5, 0.6) is 17.2 Å². The van der Waals surface area contributed by atoms with Gasteiger partial charge >= 0.3 is 6.61 Å². The van der Waals surface area contributed by atoms with Gasteiger partial charge in [-0.2, -0.15) is 8.78 Å². The first-order valence-corrected chi connectivity index (χ1v) is 6.30. The van der Waals surface area contributed by atoms with Gasteiger partial charge in [-0.3, -0.25) is 0 Å². The van der Waals surface area contributed by atoms with E-state index in [1.165, 1.54) is 24.3 Å². The zero-order valence-corrected chi connectivity index (χ0v) is 11.1. The van der Waals surface area contributed by atoms with Crippen molar-refractivity contribution in [3.05, 3.63) is 53.6 Å². The molecule has 0 aliphatic carbocycles. The maximum atomic E-state index is 12.0. The zero-order valence-electron chi connectivity index (χ0n) is 11.1. The molecule has 0 radical (unpaired) electrons. The van der Waals surface area contributed by atoms with Crippen LogP contribution in [0.1, 0.15) is 11.1 Å². The molecule has 3 N–H and O–H groups in total. The van der Waals surface area contributed by atoms with Crippen LogP contribution >= 0.6 is 0 Å². The van der Waals surface area contributed by atoms with Crippen LogP contribution in [0.3, 0.4) is 0 Å². The zero-order chi connectivity index (χ0) is 15.2. The lowest BCUT2D eigenvalue weighted by atomic mass is 10.2. The van der Waals surface area contributed by atoms with E-state index in [0.29, 0.717) is 13.1 Å². The first kappa shape index (κ1) is 15.1. The Kier molecular flexibility index (Phi) is 4.94. The fraction of sp³-hybridized carbons (Fsp3) is 0.200. The van der Waals surface area contributed by atoms with Crippen LogP contribution in [0.25, 0.3) is 0 Å². The summed E-state index contributed by atoms with van der Waals surface area (Å²) in [6.45, 7) is -1.78. The van der Waals surface area contributed by atoms with Crippen LogP contribution < -0.4 is 10.1 Å². The standard InChI is InChI=1S/C15H15F2NO3/c16-15(17)21-12-4-1-10(2-5-12)8-18-9-11-3-6-13(19)14(20)7-11/h1-7,15,18-20H,8-9H2. The van der Waals surface area contributed by atoms with Crippen LogP contribution in [0.4, 0.5) is 8.78 Å². The molecule has 0 aliphatic rings. The third-order valence-electron chi connectivity index (χ3n) is 2.85. The number of ether oxygens (including phenoxy) is 1. The van der Waals surface area contributed by atoms with Crippen LogP contribution in [-0.2, 0) is 13.1 Å². The predicted octanol–water partition coefficient (Wildman–Crippen LogP) is 2.99. The number of rotatable bonds is 6. The van der Waals surface area contributed by atoms with E-state index < -0.39 is 6.61 Å². The van der Waals surface area contributed by atoms with E-state index in [1.807, 2.05) is 0 Å². The van der Waals surface area contributed by atoms with Crippen LogP contribution in [0.2, 0.25) is 0 Å². The van der Waals surface area contributed by atoms with Gasteiger partial charge in [-0.1, -0.05) is 18.2 Å². The maximum absolute atomic E-state index is 12.0. The Morgan fingerprint density at radius 1 is 0.905 bits per heavy atom. The second-order valence-electron chi connectivity index (χ2n) is 4.45. The molecular formula is C15H15F2NO3. The van der Waals surface area contributed by atoms with Crippen molar-refractivity contribution < 1.29 is 23.7 Å². The van der Waals surface area contributed by atoms with Crippen molar-refractivity contribution >= 4 is 0 Å². The fourth-order valence-corrected chi connectivity index (χ4v) is 1.82. The van der Waals surface area contributed by atoms with Gasteiger partial charge < -0.3 is 20.3 Å². The molecule has 21 heavy (non-hydrogen) atoms.